The maximum Gasteiger partial charge on any atom is 0.0462 e. The van der Waals surface area contributed by atoms with Gasteiger partial charge in [-0.1, -0.05) is 73.7 Å². The van der Waals surface area contributed by atoms with Gasteiger partial charge in [0.1, 0.15) is 0 Å². The lowest BCUT2D eigenvalue weighted by Gasteiger charge is -2.02. The third kappa shape index (κ3) is 14.4. The smallest absolute Gasteiger partial charge is 0.0462 e. The first-order chi connectivity index (χ1) is 7.91. The summed E-state index contributed by atoms with van der Waals surface area (Å²) in [5.74, 6) is 0. The third-order valence-electron chi connectivity index (χ3n) is 2.98. The molecule has 2 heteroatoms. The number of methoxy groups -OCH3 is 1. The normalized spacial score (nSPS) is 10.9. The predicted molar refractivity (Wildman–Crippen MR) is 76.5 cm³/mol. The molecule has 0 aliphatic heterocycles. The SMILES string of the molecule is COCCCCCCCCCCCCCBr. The van der Waals surface area contributed by atoms with Gasteiger partial charge in [0.05, 0.1) is 0 Å². The lowest BCUT2D eigenvalue weighted by molar-refractivity contribution is 0.192. The highest BCUT2D eigenvalue weighted by atomic mass is 79.9. The van der Waals surface area contributed by atoms with E-state index in [0.717, 1.165) is 6.61 Å². The van der Waals surface area contributed by atoms with Gasteiger partial charge in [0.2, 0.25) is 0 Å². The summed E-state index contributed by atoms with van der Waals surface area (Å²) in [6.45, 7) is 0.938. The van der Waals surface area contributed by atoms with Gasteiger partial charge in [0, 0.05) is 19.0 Å². The Balaban J connectivity index is 2.83. The van der Waals surface area contributed by atoms with Crippen LogP contribution in [0, 0.1) is 0 Å². The van der Waals surface area contributed by atoms with Gasteiger partial charge < -0.3 is 4.74 Å². The van der Waals surface area contributed by atoms with E-state index in [2.05, 4.69) is 15.9 Å². The minimum atomic E-state index is 0.938. The van der Waals surface area contributed by atoms with Crippen LogP contribution in [0.1, 0.15) is 70.6 Å². The number of halogens is 1. The number of alkyl halides is 1. The monoisotopic (exact) mass is 292 g/mol. The van der Waals surface area contributed by atoms with E-state index in [9.17, 15) is 0 Å². The molecule has 0 rings (SSSR count). The highest BCUT2D eigenvalue weighted by Crippen LogP contribution is 2.11. The Morgan fingerprint density at radius 1 is 0.625 bits per heavy atom. The van der Waals surface area contributed by atoms with Crippen molar-refractivity contribution in [2.24, 2.45) is 0 Å². The molecule has 16 heavy (non-hydrogen) atoms. The standard InChI is InChI=1S/C14H29BrO/c1-16-14-12-10-8-6-4-2-3-5-7-9-11-13-15/h2-14H2,1H3. The average Bonchev–Trinajstić information content (AvgIpc) is 2.31. The van der Waals surface area contributed by atoms with Gasteiger partial charge in [-0.2, -0.15) is 0 Å². The zero-order valence-electron chi connectivity index (χ0n) is 11.0. The van der Waals surface area contributed by atoms with Crippen LogP contribution < -0.4 is 0 Å². The van der Waals surface area contributed by atoms with Crippen molar-refractivity contribution >= 4 is 15.9 Å². The van der Waals surface area contributed by atoms with E-state index in [1.807, 2.05) is 0 Å². The molecular formula is C14H29BrO. The summed E-state index contributed by atoms with van der Waals surface area (Å²) in [7, 11) is 1.79. The van der Waals surface area contributed by atoms with E-state index >= 15 is 0 Å². The molecule has 0 aromatic heterocycles. The van der Waals surface area contributed by atoms with E-state index in [1.165, 1.54) is 76.0 Å². The molecular weight excluding hydrogens is 264 g/mol. The molecule has 0 bridgehead atoms. The number of unbranched alkanes of at least 4 members (excludes halogenated alkanes) is 10. The molecule has 0 aromatic rings. The van der Waals surface area contributed by atoms with E-state index in [1.54, 1.807) is 7.11 Å². The molecule has 0 fully saturated rings. The van der Waals surface area contributed by atoms with Crippen molar-refractivity contribution in [1.29, 1.82) is 0 Å². The van der Waals surface area contributed by atoms with E-state index in [-0.39, 0.29) is 0 Å². The molecule has 0 atom stereocenters. The van der Waals surface area contributed by atoms with E-state index < -0.39 is 0 Å². The second-order valence-corrected chi connectivity index (χ2v) is 5.36. The van der Waals surface area contributed by atoms with Gasteiger partial charge in [-0.15, -0.1) is 0 Å². The fraction of sp³-hybridized carbons (Fsp3) is 1.00. The molecule has 1 nitrogen and oxygen atoms in total. The molecule has 0 aliphatic rings. The zero-order chi connectivity index (χ0) is 11.9. The largest absolute Gasteiger partial charge is 0.385 e. The van der Waals surface area contributed by atoms with E-state index in [4.69, 9.17) is 4.74 Å². The molecule has 0 saturated heterocycles. The van der Waals surface area contributed by atoms with Crippen molar-refractivity contribution in [3.63, 3.8) is 0 Å². The second-order valence-electron chi connectivity index (χ2n) is 4.57. The van der Waals surface area contributed by atoms with Gasteiger partial charge in [-0.25, -0.2) is 0 Å². The summed E-state index contributed by atoms with van der Waals surface area (Å²) in [6, 6.07) is 0. The molecule has 0 unspecified atom stereocenters. The summed E-state index contributed by atoms with van der Waals surface area (Å²) < 4.78 is 5.03. The van der Waals surface area contributed by atoms with Gasteiger partial charge in [-0.05, 0) is 12.8 Å². The molecule has 0 heterocycles. The average molecular weight is 293 g/mol. The summed E-state index contributed by atoms with van der Waals surface area (Å²) in [6.07, 6.45) is 15.3. The Labute approximate surface area is 110 Å². The van der Waals surface area contributed by atoms with Crippen LogP contribution in [0.3, 0.4) is 0 Å². The highest BCUT2D eigenvalue weighted by molar-refractivity contribution is 9.09. The minimum Gasteiger partial charge on any atom is -0.385 e. The Kier molecular flexibility index (Phi) is 15.9. The van der Waals surface area contributed by atoms with Gasteiger partial charge in [0.25, 0.3) is 0 Å². The van der Waals surface area contributed by atoms with Crippen LogP contribution in [-0.2, 0) is 4.74 Å². The van der Waals surface area contributed by atoms with Gasteiger partial charge in [-0.3, -0.25) is 0 Å². The number of hydrogen-bond donors (Lipinski definition) is 0. The van der Waals surface area contributed by atoms with Crippen molar-refractivity contribution in [2.45, 2.75) is 70.6 Å². The minimum absolute atomic E-state index is 0.938. The van der Waals surface area contributed by atoms with Crippen molar-refractivity contribution in [3.05, 3.63) is 0 Å². The highest BCUT2D eigenvalue weighted by Gasteiger charge is 1.93. The Hall–Kier alpha value is 0.440. The molecule has 0 aromatic carbocycles. The molecule has 0 amide bonds. The Morgan fingerprint density at radius 3 is 1.38 bits per heavy atom. The summed E-state index contributed by atoms with van der Waals surface area (Å²) in [5, 5.41) is 1.18. The Morgan fingerprint density at radius 2 is 1.00 bits per heavy atom. The molecule has 0 spiro atoms. The molecule has 0 radical (unpaired) electrons. The fourth-order valence-electron chi connectivity index (χ4n) is 1.93. The van der Waals surface area contributed by atoms with Crippen LogP contribution in [0.2, 0.25) is 0 Å². The fourth-order valence-corrected chi connectivity index (χ4v) is 2.33. The van der Waals surface area contributed by atoms with Gasteiger partial charge >= 0.3 is 0 Å². The lowest BCUT2D eigenvalue weighted by atomic mass is 10.1. The van der Waals surface area contributed by atoms with Gasteiger partial charge in [0.15, 0.2) is 0 Å². The quantitative estimate of drug-likeness (QED) is 0.330. The lowest BCUT2D eigenvalue weighted by Crippen LogP contribution is -1.88. The van der Waals surface area contributed by atoms with Crippen LogP contribution in [0.25, 0.3) is 0 Å². The predicted octanol–water partition coefficient (Wildman–Crippen LogP) is 5.32. The first-order valence-corrected chi connectivity index (χ1v) is 8.09. The third-order valence-corrected chi connectivity index (χ3v) is 3.54. The molecule has 98 valence electrons. The van der Waals surface area contributed by atoms with Crippen LogP contribution in [-0.4, -0.2) is 19.0 Å². The maximum absolute atomic E-state index is 5.03. The maximum atomic E-state index is 5.03. The first-order valence-electron chi connectivity index (χ1n) is 6.96. The van der Waals surface area contributed by atoms with Crippen molar-refractivity contribution < 1.29 is 4.74 Å². The molecule has 0 aliphatic carbocycles. The van der Waals surface area contributed by atoms with Crippen molar-refractivity contribution in [1.82, 2.24) is 0 Å². The summed E-state index contributed by atoms with van der Waals surface area (Å²) in [4.78, 5) is 0. The second kappa shape index (κ2) is 15.4. The van der Waals surface area contributed by atoms with Crippen LogP contribution >= 0.6 is 15.9 Å². The summed E-state index contributed by atoms with van der Waals surface area (Å²) >= 11 is 3.47. The number of hydrogen-bond acceptors (Lipinski definition) is 1. The molecule has 0 N–H and O–H groups in total. The number of ether oxygens (including phenoxy) is 1. The van der Waals surface area contributed by atoms with Crippen molar-refractivity contribution in [3.8, 4) is 0 Å². The zero-order valence-corrected chi connectivity index (χ0v) is 12.6. The van der Waals surface area contributed by atoms with E-state index in [0.29, 0.717) is 0 Å². The Bertz CT molecular complexity index is 103. The van der Waals surface area contributed by atoms with Crippen LogP contribution in [0.15, 0.2) is 0 Å². The van der Waals surface area contributed by atoms with Crippen LogP contribution in [0.5, 0.6) is 0 Å². The van der Waals surface area contributed by atoms with Crippen molar-refractivity contribution in [2.75, 3.05) is 19.0 Å². The summed E-state index contributed by atoms with van der Waals surface area (Å²) in [5.41, 5.74) is 0. The molecule has 0 saturated carbocycles. The number of rotatable bonds is 13. The topological polar surface area (TPSA) is 9.23 Å². The van der Waals surface area contributed by atoms with Crippen LogP contribution in [0.4, 0.5) is 0 Å². The first kappa shape index (κ1) is 16.4.